The van der Waals surface area contributed by atoms with Gasteiger partial charge in [0, 0.05) is 0 Å². The van der Waals surface area contributed by atoms with Crippen molar-refractivity contribution in [2.24, 2.45) is 0 Å². The molecule has 0 radical (unpaired) electrons. The lowest BCUT2D eigenvalue weighted by molar-refractivity contribution is 0.553. The first-order valence-electron chi connectivity index (χ1n) is 5.90. The van der Waals surface area contributed by atoms with Gasteiger partial charge in [-0.25, -0.2) is 0 Å². The van der Waals surface area contributed by atoms with Crippen molar-refractivity contribution in [3.63, 3.8) is 0 Å². The molecule has 0 N–H and O–H groups in total. The van der Waals surface area contributed by atoms with Crippen molar-refractivity contribution >= 4 is 21.6 Å². The van der Waals surface area contributed by atoms with Crippen molar-refractivity contribution in [1.29, 1.82) is 0 Å². The Morgan fingerprint density at radius 1 is 0.938 bits per heavy atom. The Morgan fingerprint density at radius 3 is 1.88 bits per heavy atom. The maximum absolute atomic E-state index is 6.05. The average Bonchev–Trinajstić information content (AvgIpc) is 2.04. The average molecular weight is 253 g/mol. The summed E-state index contributed by atoms with van der Waals surface area (Å²) in [6, 6.07) is 6.71. The molecule has 1 rings (SSSR count). The highest BCUT2D eigenvalue weighted by Crippen LogP contribution is 2.21. The first kappa shape index (κ1) is 13.5. The van der Waals surface area contributed by atoms with Crippen LogP contribution in [0.25, 0.3) is 0 Å². The molecular weight excluding hydrogens is 228 g/mol. The summed E-state index contributed by atoms with van der Waals surface area (Å²) >= 11 is 0. The summed E-state index contributed by atoms with van der Waals surface area (Å²) in [4.78, 5) is 0. The number of rotatable bonds is 3. The Balaban J connectivity index is 3.01. The van der Waals surface area contributed by atoms with Crippen LogP contribution in [-0.2, 0) is 0 Å². The summed E-state index contributed by atoms with van der Waals surface area (Å²) in [5.41, 5.74) is 1.28. The summed E-state index contributed by atoms with van der Waals surface area (Å²) in [5, 5.41) is 1.51. The van der Waals surface area contributed by atoms with Crippen molar-refractivity contribution in [2.45, 2.75) is 46.2 Å². The predicted molar refractivity (Wildman–Crippen MR) is 78.1 cm³/mol. The van der Waals surface area contributed by atoms with Gasteiger partial charge in [0.1, 0.15) is 5.75 Å². The molecule has 0 aliphatic carbocycles. The van der Waals surface area contributed by atoms with Crippen LogP contribution in [0.2, 0.25) is 39.3 Å². The van der Waals surface area contributed by atoms with Gasteiger partial charge in [0.25, 0.3) is 0 Å². The normalized spacial score (nSPS) is 12.7. The third-order valence-electron chi connectivity index (χ3n) is 2.46. The molecule has 0 aliphatic heterocycles. The fraction of sp³-hybridized carbons (Fsp3) is 0.538. The zero-order valence-corrected chi connectivity index (χ0v) is 13.6. The van der Waals surface area contributed by atoms with Gasteiger partial charge in [-0.05, 0) is 38.2 Å². The zero-order valence-electron chi connectivity index (χ0n) is 11.6. The third kappa shape index (κ3) is 3.79. The quantitative estimate of drug-likeness (QED) is 0.745. The Hall–Kier alpha value is -0.546. The Bertz CT molecular complexity index is 372. The van der Waals surface area contributed by atoms with E-state index in [1.165, 1.54) is 10.8 Å². The maximum Gasteiger partial charge on any atom is 0.242 e. The molecule has 0 aliphatic rings. The zero-order chi connectivity index (χ0) is 12.6. The van der Waals surface area contributed by atoms with Crippen LogP contribution in [0.4, 0.5) is 0 Å². The van der Waals surface area contributed by atoms with E-state index in [4.69, 9.17) is 4.43 Å². The first-order valence-corrected chi connectivity index (χ1v) is 12.8. The summed E-state index contributed by atoms with van der Waals surface area (Å²) in [6.07, 6.45) is 0. The Kier molecular flexibility index (Phi) is 3.70. The molecule has 0 saturated carbocycles. The van der Waals surface area contributed by atoms with Crippen LogP contribution in [-0.4, -0.2) is 16.4 Å². The lowest BCUT2D eigenvalue weighted by Crippen LogP contribution is -2.38. The van der Waals surface area contributed by atoms with Crippen LogP contribution in [0, 0.1) is 6.92 Å². The fourth-order valence-corrected chi connectivity index (χ4v) is 3.68. The highest BCUT2D eigenvalue weighted by atomic mass is 28.4. The minimum absolute atomic E-state index is 1.07. The van der Waals surface area contributed by atoms with E-state index < -0.39 is 16.4 Å². The van der Waals surface area contributed by atoms with Gasteiger partial charge in [-0.15, -0.1) is 0 Å². The molecule has 0 aromatic heterocycles. The summed E-state index contributed by atoms with van der Waals surface area (Å²) in [5.74, 6) is 1.07. The number of hydrogen-bond acceptors (Lipinski definition) is 1. The van der Waals surface area contributed by atoms with Crippen LogP contribution >= 0.6 is 0 Å². The van der Waals surface area contributed by atoms with E-state index in [1.807, 2.05) is 0 Å². The highest BCUT2D eigenvalue weighted by Gasteiger charge is 2.20. The van der Waals surface area contributed by atoms with Crippen molar-refractivity contribution < 1.29 is 4.43 Å². The minimum atomic E-state index is -1.48. The Labute approximate surface area is 102 Å². The molecule has 0 atom stereocenters. The predicted octanol–water partition coefficient (Wildman–Crippen LogP) is 3.75. The summed E-state index contributed by atoms with van der Waals surface area (Å²) < 4.78 is 6.05. The van der Waals surface area contributed by atoms with Gasteiger partial charge in [0.2, 0.25) is 8.32 Å². The van der Waals surface area contributed by atoms with Crippen LogP contribution in [0.1, 0.15) is 5.56 Å². The van der Waals surface area contributed by atoms with Crippen LogP contribution < -0.4 is 9.61 Å². The lowest BCUT2D eigenvalue weighted by atomic mass is 10.2. The van der Waals surface area contributed by atoms with Gasteiger partial charge in [0.15, 0.2) is 0 Å². The van der Waals surface area contributed by atoms with Crippen LogP contribution in [0.5, 0.6) is 5.75 Å². The molecule has 0 heterocycles. The molecule has 1 aromatic rings. The fourth-order valence-electron chi connectivity index (χ4n) is 1.56. The SMILES string of the molecule is Cc1cc([Si](C)(C)C)ccc1O[Si](C)(C)C. The maximum atomic E-state index is 6.05. The topological polar surface area (TPSA) is 9.23 Å². The highest BCUT2D eigenvalue weighted by molar-refractivity contribution is 6.88. The molecule has 1 aromatic carbocycles. The van der Waals surface area contributed by atoms with Gasteiger partial charge in [0.05, 0.1) is 8.07 Å². The van der Waals surface area contributed by atoms with E-state index in [0.29, 0.717) is 0 Å². The molecule has 0 spiro atoms. The number of hydrogen-bond donors (Lipinski definition) is 0. The molecule has 0 fully saturated rings. The van der Waals surface area contributed by atoms with Gasteiger partial charge >= 0.3 is 0 Å². The molecule has 0 saturated heterocycles. The first-order chi connectivity index (χ1) is 7.09. The van der Waals surface area contributed by atoms with E-state index >= 15 is 0 Å². The monoisotopic (exact) mass is 252 g/mol. The standard InChI is InChI=1S/C13H24OSi2/c1-11-10-12(15(2,3)4)8-9-13(11)14-16(5,6)7/h8-10H,1-7H3. The van der Waals surface area contributed by atoms with Gasteiger partial charge < -0.3 is 4.43 Å². The minimum Gasteiger partial charge on any atom is -0.544 e. The molecular formula is C13H24OSi2. The van der Waals surface area contributed by atoms with Crippen molar-refractivity contribution in [3.8, 4) is 5.75 Å². The smallest absolute Gasteiger partial charge is 0.242 e. The molecule has 0 bridgehead atoms. The molecule has 16 heavy (non-hydrogen) atoms. The largest absolute Gasteiger partial charge is 0.544 e. The third-order valence-corrected chi connectivity index (χ3v) is 5.33. The summed E-state index contributed by atoms with van der Waals surface area (Å²) in [6.45, 7) is 15.9. The van der Waals surface area contributed by atoms with E-state index in [-0.39, 0.29) is 0 Å². The van der Waals surface area contributed by atoms with E-state index in [9.17, 15) is 0 Å². The van der Waals surface area contributed by atoms with E-state index in [2.05, 4.69) is 64.4 Å². The Morgan fingerprint density at radius 2 is 1.50 bits per heavy atom. The van der Waals surface area contributed by atoms with Gasteiger partial charge in [-0.2, -0.15) is 0 Å². The van der Waals surface area contributed by atoms with Crippen molar-refractivity contribution in [1.82, 2.24) is 0 Å². The number of aryl methyl sites for hydroxylation is 1. The van der Waals surface area contributed by atoms with Crippen LogP contribution in [0.3, 0.4) is 0 Å². The molecule has 0 amide bonds. The molecule has 0 unspecified atom stereocenters. The van der Waals surface area contributed by atoms with Crippen molar-refractivity contribution in [2.75, 3.05) is 0 Å². The number of benzene rings is 1. The second kappa shape index (κ2) is 4.37. The van der Waals surface area contributed by atoms with Gasteiger partial charge in [-0.3, -0.25) is 0 Å². The second-order valence-corrected chi connectivity index (χ2v) is 16.0. The molecule has 3 heteroatoms. The molecule has 1 nitrogen and oxygen atoms in total. The van der Waals surface area contributed by atoms with E-state index in [0.717, 1.165) is 5.75 Å². The van der Waals surface area contributed by atoms with E-state index in [1.54, 1.807) is 0 Å². The second-order valence-electron chi connectivity index (χ2n) is 6.44. The summed E-state index contributed by atoms with van der Waals surface area (Å²) in [7, 11) is -2.67. The van der Waals surface area contributed by atoms with Gasteiger partial charge in [-0.1, -0.05) is 37.0 Å². The van der Waals surface area contributed by atoms with Crippen LogP contribution in [0.15, 0.2) is 18.2 Å². The molecule has 90 valence electrons. The van der Waals surface area contributed by atoms with Crippen molar-refractivity contribution in [3.05, 3.63) is 23.8 Å². The lowest BCUT2D eigenvalue weighted by Gasteiger charge is -2.23.